The number of amides is 3. The molecular formula is C18H24N2O2. The second kappa shape index (κ2) is 5.41. The molecule has 1 aliphatic heterocycles. The number of urea groups is 1. The monoisotopic (exact) mass is 300 g/mol. The van der Waals surface area contributed by atoms with Crippen molar-refractivity contribution in [2.45, 2.75) is 52.1 Å². The number of benzene rings is 1. The molecule has 4 nitrogen and oxygen atoms in total. The molecule has 0 radical (unpaired) electrons. The van der Waals surface area contributed by atoms with Crippen molar-refractivity contribution in [3.63, 3.8) is 0 Å². The van der Waals surface area contributed by atoms with Crippen LogP contribution < -0.4 is 5.32 Å². The van der Waals surface area contributed by atoms with E-state index in [1.165, 1.54) is 10.5 Å². The van der Waals surface area contributed by atoms with Crippen LogP contribution in [0.1, 0.15) is 44.2 Å². The first-order valence-electron chi connectivity index (χ1n) is 8.15. The van der Waals surface area contributed by atoms with Gasteiger partial charge in [-0.2, -0.15) is 0 Å². The van der Waals surface area contributed by atoms with Crippen LogP contribution in [0.15, 0.2) is 24.3 Å². The van der Waals surface area contributed by atoms with Crippen LogP contribution in [-0.2, 0) is 11.3 Å². The van der Waals surface area contributed by atoms with Crippen molar-refractivity contribution >= 4 is 11.9 Å². The summed E-state index contributed by atoms with van der Waals surface area (Å²) in [5, 5.41) is 3.04. The van der Waals surface area contributed by atoms with Crippen molar-refractivity contribution in [3.05, 3.63) is 35.4 Å². The maximum absolute atomic E-state index is 13.0. The summed E-state index contributed by atoms with van der Waals surface area (Å²) in [6.07, 6.45) is 3.12. The predicted octanol–water partition coefficient (Wildman–Crippen LogP) is 3.24. The van der Waals surface area contributed by atoms with Gasteiger partial charge in [0.05, 0.1) is 6.54 Å². The number of carbonyl (C=O) groups is 2. The van der Waals surface area contributed by atoms with Crippen molar-refractivity contribution in [2.24, 2.45) is 11.8 Å². The van der Waals surface area contributed by atoms with E-state index in [0.717, 1.165) is 24.8 Å². The number of nitrogens with zero attached hydrogens (tertiary/aromatic N) is 1. The molecule has 1 saturated carbocycles. The van der Waals surface area contributed by atoms with E-state index in [1.807, 2.05) is 31.2 Å². The zero-order chi connectivity index (χ0) is 15.9. The topological polar surface area (TPSA) is 49.4 Å². The highest BCUT2D eigenvalue weighted by molar-refractivity contribution is 6.07. The summed E-state index contributed by atoms with van der Waals surface area (Å²) in [7, 11) is 0. The molecule has 3 rings (SSSR count). The van der Waals surface area contributed by atoms with E-state index >= 15 is 0 Å². The highest BCUT2D eigenvalue weighted by Gasteiger charge is 2.58. The summed E-state index contributed by atoms with van der Waals surface area (Å²) in [6.45, 7) is 6.55. The van der Waals surface area contributed by atoms with Gasteiger partial charge in [0, 0.05) is 0 Å². The summed E-state index contributed by atoms with van der Waals surface area (Å²) in [5.41, 5.74) is 1.47. The third kappa shape index (κ3) is 2.21. The van der Waals surface area contributed by atoms with Crippen LogP contribution in [0.3, 0.4) is 0 Å². The van der Waals surface area contributed by atoms with Crippen LogP contribution in [0.5, 0.6) is 0 Å². The molecule has 2 unspecified atom stereocenters. The lowest BCUT2D eigenvalue weighted by Gasteiger charge is -2.42. The van der Waals surface area contributed by atoms with Crippen molar-refractivity contribution in [2.75, 3.05) is 0 Å². The molecule has 1 aromatic carbocycles. The van der Waals surface area contributed by atoms with Crippen LogP contribution in [-0.4, -0.2) is 22.4 Å². The fourth-order valence-corrected chi connectivity index (χ4v) is 3.97. The quantitative estimate of drug-likeness (QED) is 0.852. The summed E-state index contributed by atoms with van der Waals surface area (Å²) in [6, 6.07) is 7.74. The smallest absolute Gasteiger partial charge is 0.323 e. The van der Waals surface area contributed by atoms with Crippen LogP contribution in [0.4, 0.5) is 4.79 Å². The second-order valence-corrected chi connectivity index (χ2v) is 6.91. The number of hydrogen-bond acceptors (Lipinski definition) is 2. The molecule has 1 N–H and O–H groups in total. The standard InChI is InChI=1S/C18H24N2O2/c1-12-7-9-15(10-8-12)11-20-16(21)18(19-17(20)22)13(2)5-4-6-14(18)3/h7-10,13-14H,4-6,11H2,1-3H3,(H,19,22). The highest BCUT2D eigenvalue weighted by atomic mass is 16.2. The summed E-state index contributed by atoms with van der Waals surface area (Å²) < 4.78 is 0. The van der Waals surface area contributed by atoms with Crippen LogP contribution in [0, 0.1) is 18.8 Å². The lowest BCUT2D eigenvalue weighted by molar-refractivity contribution is -0.136. The van der Waals surface area contributed by atoms with Crippen molar-refractivity contribution in [1.82, 2.24) is 10.2 Å². The van der Waals surface area contributed by atoms with Gasteiger partial charge in [0.2, 0.25) is 0 Å². The predicted molar refractivity (Wildman–Crippen MR) is 85.2 cm³/mol. The summed E-state index contributed by atoms with van der Waals surface area (Å²) >= 11 is 0. The third-order valence-electron chi connectivity index (χ3n) is 5.45. The van der Waals surface area contributed by atoms with E-state index in [0.29, 0.717) is 6.54 Å². The summed E-state index contributed by atoms with van der Waals surface area (Å²) in [4.78, 5) is 26.8. The zero-order valence-electron chi connectivity index (χ0n) is 13.6. The van der Waals surface area contributed by atoms with E-state index in [-0.39, 0.29) is 23.8 Å². The molecule has 1 aliphatic carbocycles. The average Bonchev–Trinajstić information content (AvgIpc) is 2.73. The number of hydrogen-bond donors (Lipinski definition) is 1. The second-order valence-electron chi connectivity index (χ2n) is 6.91. The molecule has 22 heavy (non-hydrogen) atoms. The minimum absolute atomic E-state index is 0.0437. The van der Waals surface area contributed by atoms with Gasteiger partial charge in [-0.15, -0.1) is 0 Å². The first-order chi connectivity index (χ1) is 10.4. The zero-order valence-corrected chi connectivity index (χ0v) is 13.6. The first kappa shape index (κ1) is 15.1. The van der Waals surface area contributed by atoms with E-state index in [1.54, 1.807) is 0 Å². The van der Waals surface area contributed by atoms with Gasteiger partial charge in [0.25, 0.3) is 5.91 Å². The Balaban J connectivity index is 1.86. The van der Waals surface area contributed by atoms with E-state index < -0.39 is 5.54 Å². The van der Waals surface area contributed by atoms with Gasteiger partial charge in [-0.1, -0.05) is 50.1 Å². The number of nitrogens with one attached hydrogen (secondary N) is 1. The number of imide groups is 1. The normalized spacial score (nSPS) is 31.7. The van der Waals surface area contributed by atoms with Gasteiger partial charge >= 0.3 is 6.03 Å². The van der Waals surface area contributed by atoms with E-state index in [4.69, 9.17) is 0 Å². The fraction of sp³-hybridized carbons (Fsp3) is 0.556. The van der Waals surface area contributed by atoms with Gasteiger partial charge in [0.1, 0.15) is 5.54 Å². The Kier molecular flexibility index (Phi) is 3.71. The Bertz CT molecular complexity index is 584. The third-order valence-corrected chi connectivity index (χ3v) is 5.45. The van der Waals surface area contributed by atoms with Gasteiger partial charge < -0.3 is 5.32 Å². The molecule has 1 heterocycles. The molecule has 1 saturated heterocycles. The molecule has 1 aromatic rings. The summed E-state index contributed by atoms with van der Waals surface area (Å²) in [5.74, 6) is 0.337. The van der Waals surface area contributed by atoms with Crippen molar-refractivity contribution in [3.8, 4) is 0 Å². The SMILES string of the molecule is Cc1ccc(CN2C(=O)NC3(C2=O)C(C)CCCC3C)cc1. The lowest BCUT2D eigenvalue weighted by atomic mass is 9.67. The van der Waals surface area contributed by atoms with Gasteiger partial charge in [-0.3, -0.25) is 9.69 Å². The van der Waals surface area contributed by atoms with Gasteiger partial charge in [0.15, 0.2) is 0 Å². The maximum atomic E-state index is 13.0. The fourth-order valence-electron chi connectivity index (χ4n) is 3.97. The van der Waals surface area contributed by atoms with Gasteiger partial charge in [-0.05, 0) is 37.2 Å². The van der Waals surface area contributed by atoms with Crippen LogP contribution in [0.25, 0.3) is 0 Å². The Labute approximate surface area is 131 Å². The maximum Gasteiger partial charge on any atom is 0.325 e. The van der Waals surface area contributed by atoms with Crippen molar-refractivity contribution in [1.29, 1.82) is 0 Å². The Morgan fingerprint density at radius 2 is 1.73 bits per heavy atom. The first-order valence-corrected chi connectivity index (χ1v) is 8.15. The molecule has 2 fully saturated rings. The van der Waals surface area contributed by atoms with Crippen LogP contribution >= 0.6 is 0 Å². The molecular weight excluding hydrogens is 276 g/mol. The van der Waals surface area contributed by atoms with Crippen LogP contribution in [0.2, 0.25) is 0 Å². The van der Waals surface area contributed by atoms with E-state index in [2.05, 4.69) is 19.2 Å². The Morgan fingerprint density at radius 3 is 2.32 bits per heavy atom. The number of rotatable bonds is 2. The molecule has 0 bridgehead atoms. The molecule has 1 spiro atoms. The molecule has 2 aliphatic rings. The molecule has 4 heteroatoms. The van der Waals surface area contributed by atoms with E-state index in [9.17, 15) is 9.59 Å². The number of aryl methyl sites for hydroxylation is 1. The molecule has 118 valence electrons. The Morgan fingerprint density at radius 1 is 1.14 bits per heavy atom. The molecule has 2 atom stereocenters. The largest absolute Gasteiger partial charge is 0.325 e. The highest BCUT2D eigenvalue weighted by Crippen LogP contribution is 2.42. The van der Waals surface area contributed by atoms with Gasteiger partial charge in [-0.25, -0.2) is 4.79 Å². The number of carbonyl (C=O) groups excluding carboxylic acids is 2. The lowest BCUT2D eigenvalue weighted by Crippen LogP contribution is -2.58. The average molecular weight is 300 g/mol. The molecule has 0 aromatic heterocycles. The Hall–Kier alpha value is -1.84. The minimum atomic E-state index is -0.694. The van der Waals surface area contributed by atoms with Crippen molar-refractivity contribution < 1.29 is 9.59 Å². The minimum Gasteiger partial charge on any atom is -0.323 e. The molecule has 3 amide bonds.